The van der Waals surface area contributed by atoms with E-state index in [9.17, 15) is 14.0 Å². The number of fused-ring (bicyclic) bond motifs is 4. The van der Waals surface area contributed by atoms with E-state index in [1.807, 2.05) is 29.0 Å². The number of benzene rings is 1. The SMILES string of the molecule is CSCC(=O)Nc1ccc2n(c1=O)C[C@@H]1C[C@@H]2CN(Cc2ccc(F)cc2)C1. The van der Waals surface area contributed by atoms with E-state index < -0.39 is 0 Å². The van der Waals surface area contributed by atoms with E-state index in [1.165, 1.54) is 23.9 Å². The van der Waals surface area contributed by atoms with Crippen LogP contribution in [0, 0.1) is 11.7 Å². The summed E-state index contributed by atoms with van der Waals surface area (Å²) < 4.78 is 15.0. The fraction of sp³-hybridized carbons (Fsp3) is 0.429. The van der Waals surface area contributed by atoms with Crippen LogP contribution in [0.2, 0.25) is 0 Å². The van der Waals surface area contributed by atoms with E-state index in [1.54, 1.807) is 6.07 Å². The largest absolute Gasteiger partial charge is 0.321 e. The molecular weight excluding hydrogens is 377 g/mol. The summed E-state index contributed by atoms with van der Waals surface area (Å²) in [4.78, 5) is 27.1. The van der Waals surface area contributed by atoms with Crippen molar-refractivity contribution in [1.29, 1.82) is 0 Å². The lowest BCUT2D eigenvalue weighted by Crippen LogP contribution is -2.47. The van der Waals surface area contributed by atoms with Crippen LogP contribution in [0.5, 0.6) is 0 Å². The molecule has 1 amide bonds. The molecule has 2 bridgehead atoms. The highest BCUT2D eigenvalue weighted by atomic mass is 32.2. The van der Waals surface area contributed by atoms with Crippen molar-refractivity contribution in [2.75, 3.05) is 30.4 Å². The summed E-state index contributed by atoms with van der Waals surface area (Å²) in [5, 5.41) is 2.74. The zero-order chi connectivity index (χ0) is 19.7. The molecule has 7 heteroatoms. The van der Waals surface area contributed by atoms with Crippen LogP contribution in [0.3, 0.4) is 0 Å². The van der Waals surface area contributed by atoms with Crippen molar-refractivity contribution >= 4 is 23.4 Å². The van der Waals surface area contributed by atoms with Gasteiger partial charge in [0.1, 0.15) is 11.5 Å². The standard InChI is InChI=1S/C21H24FN3O2S/c1-28-13-20(26)23-18-6-7-19-16-8-15(11-25(19)21(18)27)10-24(12-16)9-14-2-4-17(22)5-3-14/h2-7,15-16H,8-13H2,1H3,(H,23,26)/t15-,16-/m1/s1. The molecule has 1 N–H and O–H groups in total. The van der Waals surface area contributed by atoms with Gasteiger partial charge in [-0.05, 0) is 48.4 Å². The highest BCUT2D eigenvalue weighted by molar-refractivity contribution is 7.99. The molecule has 2 aliphatic rings. The molecule has 0 spiro atoms. The van der Waals surface area contributed by atoms with E-state index in [4.69, 9.17) is 0 Å². The first kappa shape index (κ1) is 19.2. The Bertz CT molecular complexity index is 928. The van der Waals surface area contributed by atoms with Gasteiger partial charge in [0.05, 0.1) is 5.75 Å². The second-order valence-corrected chi connectivity index (χ2v) is 8.55. The van der Waals surface area contributed by atoms with E-state index in [0.29, 0.717) is 29.8 Å². The Balaban J connectivity index is 1.52. The van der Waals surface area contributed by atoms with E-state index in [0.717, 1.165) is 37.3 Å². The number of likely N-dealkylation sites (tertiary alicyclic amines) is 1. The number of aromatic nitrogens is 1. The van der Waals surface area contributed by atoms with Crippen molar-refractivity contribution in [3.05, 3.63) is 63.8 Å². The molecular formula is C21H24FN3O2S. The number of piperidine rings is 1. The van der Waals surface area contributed by atoms with Crippen molar-refractivity contribution in [3.8, 4) is 0 Å². The summed E-state index contributed by atoms with van der Waals surface area (Å²) in [5.74, 6) is 0.683. The smallest absolute Gasteiger partial charge is 0.274 e. The van der Waals surface area contributed by atoms with Gasteiger partial charge in [-0.3, -0.25) is 14.5 Å². The highest BCUT2D eigenvalue weighted by Crippen LogP contribution is 2.36. The van der Waals surface area contributed by atoms with Crippen LogP contribution in [0.4, 0.5) is 10.1 Å². The van der Waals surface area contributed by atoms with Crippen molar-refractivity contribution in [2.24, 2.45) is 5.92 Å². The number of anilines is 1. The van der Waals surface area contributed by atoms with Gasteiger partial charge in [0.2, 0.25) is 5.91 Å². The molecule has 1 aromatic carbocycles. The number of pyridine rings is 1. The second-order valence-electron chi connectivity index (χ2n) is 7.69. The Morgan fingerprint density at radius 1 is 1.18 bits per heavy atom. The van der Waals surface area contributed by atoms with Gasteiger partial charge < -0.3 is 9.88 Å². The van der Waals surface area contributed by atoms with Gasteiger partial charge in [-0.2, -0.15) is 11.8 Å². The number of hydrogen-bond donors (Lipinski definition) is 1. The van der Waals surface area contributed by atoms with Gasteiger partial charge in [0.25, 0.3) is 5.56 Å². The Labute approximate surface area is 167 Å². The molecule has 0 radical (unpaired) electrons. The number of carbonyl (C=O) groups excluding carboxylic acids is 1. The molecule has 4 rings (SSSR count). The summed E-state index contributed by atoms with van der Waals surface area (Å²) in [6.07, 6.45) is 2.94. The maximum absolute atomic E-state index is 13.1. The summed E-state index contributed by atoms with van der Waals surface area (Å²) in [5.41, 5.74) is 2.41. The first-order valence-electron chi connectivity index (χ1n) is 9.53. The molecule has 2 aliphatic heterocycles. The fourth-order valence-electron chi connectivity index (χ4n) is 4.43. The van der Waals surface area contributed by atoms with Crippen LogP contribution in [0.25, 0.3) is 0 Å². The molecule has 5 nitrogen and oxygen atoms in total. The van der Waals surface area contributed by atoms with Crippen molar-refractivity contribution in [3.63, 3.8) is 0 Å². The van der Waals surface area contributed by atoms with Crippen LogP contribution >= 0.6 is 11.8 Å². The number of nitrogens with one attached hydrogen (secondary N) is 1. The van der Waals surface area contributed by atoms with Crippen molar-refractivity contribution in [1.82, 2.24) is 9.47 Å². The summed E-state index contributed by atoms with van der Waals surface area (Å²) >= 11 is 1.43. The lowest BCUT2D eigenvalue weighted by molar-refractivity contribution is -0.113. The van der Waals surface area contributed by atoms with Crippen LogP contribution in [-0.4, -0.2) is 40.5 Å². The molecule has 2 aromatic rings. The summed E-state index contributed by atoms with van der Waals surface area (Å²) in [6, 6.07) is 10.4. The Morgan fingerprint density at radius 2 is 1.96 bits per heavy atom. The van der Waals surface area contributed by atoms with Gasteiger partial charge in [0, 0.05) is 37.8 Å². The molecule has 2 atom stereocenters. The van der Waals surface area contributed by atoms with Gasteiger partial charge in [0.15, 0.2) is 0 Å². The van der Waals surface area contributed by atoms with Gasteiger partial charge >= 0.3 is 0 Å². The Hall–Kier alpha value is -2.12. The summed E-state index contributed by atoms with van der Waals surface area (Å²) in [7, 11) is 0. The average Bonchev–Trinajstić information content (AvgIpc) is 2.66. The monoisotopic (exact) mass is 401 g/mol. The minimum absolute atomic E-state index is 0.103. The lowest BCUT2D eigenvalue weighted by Gasteiger charge is -2.43. The minimum Gasteiger partial charge on any atom is -0.321 e. The number of amides is 1. The molecule has 1 aromatic heterocycles. The Kier molecular flexibility index (Phi) is 5.55. The fourth-order valence-corrected chi connectivity index (χ4v) is 4.77. The lowest BCUT2D eigenvalue weighted by atomic mass is 9.83. The van der Waals surface area contributed by atoms with Crippen LogP contribution in [0.1, 0.15) is 23.6 Å². The number of halogens is 1. The van der Waals surface area contributed by atoms with Gasteiger partial charge in [-0.15, -0.1) is 0 Å². The summed E-state index contributed by atoms with van der Waals surface area (Å²) in [6.45, 7) is 3.27. The number of nitrogens with zero attached hydrogens (tertiary/aromatic N) is 2. The average molecular weight is 402 g/mol. The second kappa shape index (κ2) is 8.09. The van der Waals surface area contributed by atoms with Crippen molar-refractivity contribution in [2.45, 2.75) is 25.4 Å². The minimum atomic E-state index is -0.215. The third kappa shape index (κ3) is 4.00. The molecule has 28 heavy (non-hydrogen) atoms. The predicted molar refractivity (Wildman–Crippen MR) is 110 cm³/mol. The molecule has 0 saturated carbocycles. The zero-order valence-electron chi connectivity index (χ0n) is 15.9. The van der Waals surface area contributed by atoms with Gasteiger partial charge in [-0.25, -0.2) is 4.39 Å². The number of rotatable bonds is 5. The third-order valence-corrected chi connectivity index (χ3v) is 6.10. The zero-order valence-corrected chi connectivity index (χ0v) is 16.7. The molecule has 1 fully saturated rings. The third-order valence-electron chi connectivity index (χ3n) is 5.55. The maximum Gasteiger partial charge on any atom is 0.274 e. The molecule has 0 unspecified atom stereocenters. The molecule has 148 valence electrons. The van der Waals surface area contributed by atoms with Crippen LogP contribution in [0.15, 0.2) is 41.2 Å². The predicted octanol–water partition coefficient (Wildman–Crippen LogP) is 2.91. The maximum atomic E-state index is 13.1. The quantitative estimate of drug-likeness (QED) is 0.837. The van der Waals surface area contributed by atoms with Crippen LogP contribution < -0.4 is 10.9 Å². The molecule has 0 aliphatic carbocycles. The number of thioether (sulfide) groups is 1. The number of hydrogen-bond acceptors (Lipinski definition) is 4. The topological polar surface area (TPSA) is 54.3 Å². The Morgan fingerprint density at radius 3 is 2.71 bits per heavy atom. The van der Waals surface area contributed by atoms with E-state index in [-0.39, 0.29) is 17.3 Å². The number of carbonyl (C=O) groups is 1. The van der Waals surface area contributed by atoms with E-state index >= 15 is 0 Å². The molecule has 3 heterocycles. The van der Waals surface area contributed by atoms with Crippen molar-refractivity contribution < 1.29 is 9.18 Å². The highest BCUT2D eigenvalue weighted by Gasteiger charge is 2.35. The molecule has 1 saturated heterocycles. The van der Waals surface area contributed by atoms with Crippen LogP contribution in [-0.2, 0) is 17.9 Å². The normalized spacial score (nSPS) is 21.2. The first-order chi connectivity index (χ1) is 13.5. The first-order valence-corrected chi connectivity index (χ1v) is 10.9. The van der Waals surface area contributed by atoms with E-state index in [2.05, 4.69) is 10.2 Å². The van der Waals surface area contributed by atoms with Gasteiger partial charge in [-0.1, -0.05) is 12.1 Å².